The lowest BCUT2D eigenvalue weighted by Gasteiger charge is -2.18. The van der Waals surface area contributed by atoms with Crippen LogP contribution in [-0.4, -0.2) is 20.6 Å². The Balaban J connectivity index is 1.76. The Bertz CT molecular complexity index is 1010. The van der Waals surface area contributed by atoms with Gasteiger partial charge in [-0.25, -0.2) is 4.79 Å². The molecule has 1 unspecified atom stereocenters. The van der Waals surface area contributed by atoms with Crippen molar-refractivity contribution in [2.75, 3.05) is 0 Å². The van der Waals surface area contributed by atoms with Crippen molar-refractivity contribution in [2.45, 2.75) is 71.3 Å². The third-order valence-corrected chi connectivity index (χ3v) is 6.59. The number of carboxylic acids is 1. The summed E-state index contributed by atoms with van der Waals surface area (Å²) in [6.07, 6.45) is 14.7. The third kappa shape index (κ3) is 4.28. The van der Waals surface area contributed by atoms with Gasteiger partial charge in [-0.3, -0.25) is 4.98 Å². The Hall–Kier alpha value is -2.62. The van der Waals surface area contributed by atoms with Gasteiger partial charge in [0, 0.05) is 30.0 Å². The van der Waals surface area contributed by atoms with Crippen LogP contribution in [-0.2, 0) is 19.4 Å². The van der Waals surface area contributed by atoms with Crippen LogP contribution in [0.2, 0.25) is 0 Å². The number of aromatic carboxylic acids is 1. The highest BCUT2D eigenvalue weighted by Gasteiger charge is 2.26. The summed E-state index contributed by atoms with van der Waals surface area (Å²) in [7, 11) is 0. The van der Waals surface area contributed by atoms with Crippen molar-refractivity contribution in [1.29, 1.82) is 0 Å². The van der Waals surface area contributed by atoms with Gasteiger partial charge in [-0.05, 0) is 54.9 Å². The van der Waals surface area contributed by atoms with Gasteiger partial charge >= 0.3 is 5.97 Å². The summed E-state index contributed by atoms with van der Waals surface area (Å²) in [5, 5.41) is 11.0. The van der Waals surface area contributed by atoms with E-state index in [4.69, 9.17) is 0 Å². The molecule has 3 aromatic rings. The van der Waals surface area contributed by atoms with Crippen LogP contribution < -0.4 is 0 Å². The van der Waals surface area contributed by atoms with E-state index in [2.05, 4.69) is 28.6 Å². The van der Waals surface area contributed by atoms with Crippen LogP contribution in [0.1, 0.15) is 79.0 Å². The lowest BCUT2D eigenvalue weighted by Crippen LogP contribution is -2.12. The maximum absolute atomic E-state index is 12.0. The summed E-state index contributed by atoms with van der Waals surface area (Å²) in [6.45, 7) is 2.93. The second-order valence-corrected chi connectivity index (χ2v) is 8.69. The van der Waals surface area contributed by atoms with Gasteiger partial charge in [-0.1, -0.05) is 57.2 Å². The van der Waals surface area contributed by atoms with Crippen molar-refractivity contribution < 1.29 is 9.90 Å². The van der Waals surface area contributed by atoms with Gasteiger partial charge in [-0.2, -0.15) is 0 Å². The predicted molar refractivity (Wildman–Crippen MR) is 121 cm³/mol. The topological polar surface area (TPSA) is 55.1 Å². The van der Waals surface area contributed by atoms with E-state index in [1.807, 2.05) is 18.3 Å². The number of hydrogen-bond acceptors (Lipinski definition) is 2. The first kappa shape index (κ1) is 20.6. The van der Waals surface area contributed by atoms with E-state index < -0.39 is 5.97 Å². The van der Waals surface area contributed by atoms with E-state index in [1.165, 1.54) is 56.2 Å². The minimum atomic E-state index is -0.850. The first-order chi connectivity index (χ1) is 14.7. The van der Waals surface area contributed by atoms with Crippen molar-refractivity contribution >= 4 is 16.9 Å². The van der Waals surface area contributed by atoms with E-state index in [9.17, 15) is 9.90 Å². The number of hydrogen-bond donors (Lipinski definition) is 1. The molecule has 2 aromatic heterocycles. The lowest BCUT2D eigenvalue weighted by atomic mass is 9.93. The third-order valence-electron chi connectivity index (χ3n) is 6.59. The molecule has 0 fully saturated rings. The summed E-state index contributed by atoms with van der Waals surface area (Å²) < 4.78 is 2.29. The molecule has 0 spiro atoms. The molecule has 4 heteroatoms. The Morgan fingerprint density at radius 1 is 1.20 bits per heavy atom. The van der Waals surface area contributed by atoms with Gasteiger partial charge in [0.1, 0.15) is 0 Å². The fraction of sp³-hybridized carbons (Fsp3) is 0.462. The van der Waals surface area contributed by atoms with Gasteiger partial charge in [0.25, 0.3) is 0 Å². The van der Waals surface area contributed by atoms with Gasteiger partial charge in [0.05, 0.1) is 11.1 Å². The molecule has 4 rings (SSSR count). The molecular weight excluding hydrogens is 372 g/mol. The van der Waals surface area contributed by atoms with Crippen molar-refractivity contribution in [3.63, 3.8) is 0 Å². The first-order valence-electron chi connectivity index (χ1n) is 11.4. The van der Waals surface area contributed by atoms with E-state index in [-0.39, 0.29) is 0 Å². The van der Waals surface area contributed by atoms with Crippen molar-refractivity contribution in [3.05, 3.63) is 65.1 Å². The second kappa shape index (κ2) is 9.46. The van der Waals surface area contributed by atoms with Crippen molar-refractivity contribution in [2.24, 2.45) is 5.92 Å². The van der Waals surface area contributed by atoms with Crippen molar-refractivity contribution in [3.8, 4) is 0 Å². The largest absolute Gasteiger partial charge is 0.478 e. The molecule has 0 bridgehead atoms. The smallest absolute Gasteiger partial charge is 0.337 e. The monoisotopic (exact) mass is 404 g/mol. The Morgan fingerprint density at radius 2 is 2.10 bits per heavy atom. The summed E-state index contributed by atoms with van der Waals surface area (Å²) in [6, 6.07) is 9.78. The standard InChI is InChI=1S/C26H32N2O2/c1-2-3-4-5-9-19-10-6-12-21-22-13-7-14-23(26(29)30)25(22)28(24(21)16-19)18-20-11-8-15-27-17-20/h7-8,11,13-15,17,19H,2-6,9-10,12,16,18H2,1H3,(H,29,30). The number of fused-ring (bicyclic) bond motifs is 3. The zero-order valence-electron chi connectivity index (χ0n) is 17.9. The molecule has 0 saturated heterocycles. The van der Waals surface area contributed by atoms with Gasteiger partial charge in [0.2, 0.25) is 0 Å². The Labute approximate surface area is 179 Å². The average Bonchev–Trinajstić information content (AvgIpc) is 2.90. The number of para-hydroxylation sites is 1. The van der Waals surface area contributed by atoms with Crippen LogP contribution in [0.15, 0.2) is 42.7 Å². The molecule has 1 aliphatic carbocycles. The number of unbranched alkanes of at least 4 members (excludes halogenated alkanes) is 3. The summed E-state index contributed by atoms with van der Waals surface area (Å²) in [4.78, 5) is 16.3. The molecule has 30 heavy (non-hydrogen) atoms. The fourth-order valence-electron chi connectivity index (χ4n) is 5.11. The number of rotatable bonds is 8. The van der Waals surface area contributed by atoms with Gasteiger partial charge in [0.15, 0.2) is 0 Å². The normalized spacial score (nSPS) is 16.4. The molecule has 2 heterocycles. The number of benzene rings is 1. The van der Waals surface area contributed by atoms with E-state index >= 15 is 0 Å². The number of aryl methyl sites for hydroxylation is 1. The predicted octanol–water partition coefficient (Wildman–Crippen LogP) is 6.25. The molecule has 0 amide bonds. The highest BCUT2D eigenvalue weighted by atomic mass is 16.4. The average molecular weight is 405 g/mol. The number of aromatic nitrogens is 2. The highest BCUT2D eigenvalue weighted by Crippen LogP contribution is 2.36. The molecule has 0 aliphatic heterocycles. The minimum absolute atomic E-state index is 0.406. The minimum Gasteiger partial charge on any atom is -0.478 e. The lowest BCUT2D eigenvalue weighted by molar-refractivity contribution is 0.0698. The summed E-state index contributed by atoms with van der Waals surface area (Å²) in [5.74, 6) is -0.162. The van der Waals surface area contributed by atoms with Gasteiger partial charge < -0.3 is 9.67 Å². The van der Waals surface area contributed by atoms with Crippen LogP contribution in [0.4, 0.5) is 0 Å². The second-order valence-electron chi connectivity index (χ2n) is 8.69. The molecular formula is C26H32N2O2. The molecule has 1 N–H and O–H groups in total. The van der Waals surface area contributed by atoms with Crippen LogP contribution >= 0.6 is 0 Å². The van der Waals surface area contributed by atoms with Crippen LogP contribution in [0.5, 0.6) is 0 Å². The molecule has 158 valence electrons. The maximum Gasteiger partial charge on any atom is 0.337 e. The van der Waals surface area contributed by atoms with E-state index in [1.54, 1.807) is 12.3 Å². The van der Waals surface area contributed by atoms with E-state index in [0.29, 0.717) is 18.0 Å². The molecule has 1 aromatic carbocycles. The zero-order chi connectivity index (χ0) is 20.9. The highest BCUT2D eigenvalue weighted by molar-refractivity contribution is 6.04. The Kier molecular flexibility index (Phi) is 6.51. The molecule has 1 atom stereocenters. The van der Waals surface area contributed by atoms with Crippen LogP contribution in [0.3, 0.4) is 0 Å². The molecule has 1 aliphatic rings. The number of carboxylic acid groups (broad SMARTS) is 1. The fourth-order valence-corrected chi connectivity index (χ4v) is 5.11. The number of carbonyl (C=O) groups is 1. The molecule has 4 nitrogen and oxygen atoms in total. The summed E-state index contributed by atoms with van der Waals surface area (Å²) in [5.41, 5.74) is 5.11. The van der Waals surface area contributed by atoms with Crippen LogP contribution in [0, 0.1) is 5.92 Å². The first-order valence-corrected chi connectivity index (χ1v) is 11.4. The van der Waals surface area contributed by atoms with E-state index in [0.717, 1.165) is 29.3 Å². The molecule has 0 saturated carbocycles. The zero-order valence-corrected chi connectivity index (χ0v) is 17.9. The summed E-state index contributed by atoms with van der Waals surface area (Å²) >= 11 is 0. The maximum atomic E-state index is 12.0. The quantitative estimate of drug-likeness (QED) is 0.357. The van der Waals surface area contributed by atoms with Crippen molar-refractivity contribution in [1.82, 2.24) is 9.55 Å². The van der Waals surface area contributed by atoms with Gasteiger partial charge in [-0.15, -0.1) is 0 Å². The number of nitrogens with zero attached hydrogens (tertiary/aromatic N) is 2. The Morgan fingerprint density at radius 3 is 2.87 bits per heavy atom. The van der Waals surface area contributed by atoms with Crippen LogP contribution in [0.25, 0.3) is 10.9 Å². The SMILES string of the molecule is CCCCCCC1CCCc2c(n(Cc3cccnc3)c3c(C(=O)O)cccc23)C1. The number of pyridine rings is 1. The molecule has 0 radical (unpaired) electrons.